The smallest absolute Gasteiger partial charge is 0.261 e. The van der Waals surface area contributed by atoms with Crippen LogP contribution in [0.4, 0.5) is 5.69 Å². The first-order valence-electron chi connectivity index (χ1n) is 7.18. The molecule has 5 heteroatoms. The second-order valence-corrected chi connectivity index (χ2v) is 7.90. The maximum atomic E-state index is 12.3. The van der Waals surface area contributed by atoms with E-state index in [4.69, 9.17) is 0 Å². The molecular formula is C17H22N2O2S. The number of benzene rings is 2. The molecule has 0 aliphatic rings. The van der Waals surface area contributed by atoms with Crippen molar-refractivity contribution in [2.45, 2.75) is 37.8 Å². The molecule has 0 saturated carbocycles. The Bertz CT molecular complexity index is 703. The maximum absolute atomic E-state index is 12.3. The Morgan fingerprint density at radius 3 is 2.05 bits per heavy atom. The van der Waals surface area contributed by atoms with E-state index in [0.29, 0.717) is 12.2 Å². The highest BCUT2D eigenvalue weighted by atomic mass is 32.2. The molecule has 0 radical (unpaired) electrons. The van der Waals surface area contributed by atoms with Crippen molar-refractivity contribution in [2.75, 3.05) is 4.72 Å². The summed E-state index contributed by atoms with van der Waals surface area (Å²) in [6, 6.07) is 15.8. The van der Waals surface area contributed by atoms with Gasteiger partial charge in [0.2, 0.25) is 0 Å². The van der Waals surface area contributed by atoms with Gasteiger partial charge in [0.25, 0.3) is 10.0 Å². The Morgan fingerprint density at radius 2 is 1.50 bits per heavy atom. The van der Waals surface area contributed by atoms with Crippen LogP contribution in [-0.2, 0) is 16.6 Å². The van der Waals surface area contributed by atoms with Crippen LogP contribution in [0.5, 0.6) is 0 Å². The second kappa shape index (κ2) is 6.50. The van der Waals surface area contributed by atoms with Gasteiger partial charge in [-0.3, -0.25) is 4.72 Å². The van der Waals surface area contributed by atoms with Gasteiger partial charge in [0.1, 0.15) is 0 Å². The molecule has 0 atom stereocenters. The van der Waals surface area contributed by atoms with Gasteiger partial charge in [-0.25, -0.2) is 8.42 Å². The Kier molecular flexibility index (Phi) is 4.88. The minimum Gasteiger partial charge on any atom is -0.308 e. The lowest BCUT2D eigenvalue weighted by Crippen LogP contribution is -2.35. The molecule has 2 aromatic carbocycles. The third kappa shape index (κ3) is 4.86. The second-order valence-electron chi connectivity index (χ2n) is 6.22. The number of anilines is 1. The lowest BCUT2D eigenvalue weighted by Gasteiger charge is -2.20. The van der Waals surface area contributed by atoms with Crippen molar-refractivity contribution in [3.8, 4) is 0 Å². The summed E-state index contributed by atoms with van der Waals surface area (Å²) in [6.45, 7) is 6.98. The molecule has 0 aliphatic carbocycles. The number of hydrogen-bond acceptors (Lipinski definition) is 3. The molecule has 0 heterocycles. The lowest BCUT2D eigenvalue weighted by atomic mass is 10.1. The van der Waals surface area contributed by atoms with Gasteiger partial charge in [0.15, 0.2) is 0 Å². The van der Waals surface area contributed by atoms with Gasteiger partial charge >= 0.3 is 0 Å². The number of rotatable bonds is 5. The zero-order chi connectivity index (χ0) is 16.2. The highest BCUT2D eigenvalue weighted by Gasteiger charge is 2.14. The van der Waals surface area contributed by atoms with Gasteiger partial charge < -0.3 is 5.32 Å². The van der Waals surface area contributed by atoms with Crippen LogP contribution in [0.15, 0.2) is 59.5 Å². The molecule has 0 aliphatic heterocycles. The van der Waals surface area contributed by atoms with E-state index in [2.05, 4.69) is 30.8 Å². The van der Waals surface area contributed by atoms with E-state index in [1.165, 1.54) is 0 Å². The summed E-state index contributed by atoms with van der Waals surface area (Å²) in [6.07, 6.45) is 0. The van der Waals surface area contributed by atoms with Crippen molar-refractivity contribution in [2.24, 2.45) is 0 Å². The Hall–Kier alpha value is -1.85. The molecule has 0 aromatic heterocycles. The fraction of sp³-hybridized carbons (Fsp3) is 0.294. The van der Waals surface area contributed by atoms with Crippen LogP contribution in [-0.4, -0.2) is 14.0 Å². The van der Waals surface area contributed by atoms with Crippen LogP contribution in [0.25, 0.3) is 0 Å². The van der Waals surface area contributed by atoms with E-state index in [1.54, 1.807) is 36.4 Å². The first kappa shape index (κ1) is 16.5. The van der Waals surface area contributed by atoms with Crippen molar-refractivity contribution in [1.29, 1.82) is 0 Å². The third-order valence-electron chi connectivity index (χ3n) is 3.08. The summed E-state index contributed by atoms with van der Waals surface area (Å²) in [5.74, 6) is 0. The summed E-state index contributed by atoms with van der Waals surface area (Å²) in [5.41, 5.74) is 1.63. The predicted molar refractivity (Wildman–Crippen MR) is 90.3 cm³/mol. The third-order valence-corrected chi connectivity index (χ3v) is 4.48. The van der Waals surface area contributed by atoms with Crippen molar-refractivity contribution in [1.82, 2.24) is 5.32 Å². The summed E-state index contributed by atoms with van der Waals surface area (Å²) in [4.78, 5) is 0.260. The normalized spacial score (nSPS) is 12.1. The summed E-state index contributed by atoms with van der Waals surface area (Å²) >= 11 is 0. The molecule has 2 rings (SSSR count). The Labute approximate surface area is 132 Å². The topological polar surface area (TPSA) is 58.2 Å². The first-order valence-corrected chi connectivity index (χ1v) is 8.66. The largest absolute Gasteiger partial charge is 0.308 e. The van der Waals surface area contributed by atoms with Crippen molar-refractivity contribution >= 4 is 15.7 Å². The molecule has 0 saturated heterocycles. The number of sulfonamides is 1. The molecular weight excluding hydrogens is 296 g/mol. The number of para-hydroxylation sites is 1. The van der Waals surface area contributed by atoms with E-state index < -0.39 is 10.0 Å². The van der Waals surface area contributed by atoms with Crippen LogP contribution in [0, 0.1) is 0 Å². The quantitative estimate of drug-likeness (QED) is 0.888. The van der Waals surface area contributed by atoms with E-state index in [0.717, 1.165) is 5.56 Å². The maximum Gasteiger partial charge on any atom is 0.261 e. The summed E-state index contributed by atoms with van der Waals surface area (Å²) < 4.78 is 27.2. The minimum atomic E-state index is -3.54. The molecule has 2 N–H and O–H groups in total. The zero-order valence-corrected chi connectivity index (χ0v) is 13.9. The molecule has 2 aromatic rings. The van der Waals surface area contributed by atoms with E-state index in [1.807, 2.05) is 18.2 Å². The standard InChI is InChI=1S/C17H22N2O2S/c1-17(2,3)18-13-14-9-11-16(12-10-14)22(20,21)19-15-7-5-4-6-8-15/h4-12,18-19H,13H2,1-3H3. The number of hydrogen-bond donors (Lipinski definition) is 2. The van der Waals surface area contributed by atoms with E-state index >= 15 is 0 Å². The Morgan fingerprint density at radius 1 is 0.909 bits per heavy atom. The summed E-state index contributed by atoms with van der Waals surface area (Å²) in [7, 11) is -3.54. The average Bonchev–Trinajstić information content (AvgIpc) is 2.45. The minimum absolute atomic E-state index is 0.0274. The summed E-state index contributed by atoms with van der Waals surface area (Å²) in [5, 5.41) is 3.37. The molecule has 118 valence electrons. The van der Waals surface area contributed by atoms with Crippen LogP contribution in [0.3, 0.4) is 0 Å². The van der Waals surface area contributed by atoms with Crippen LogP contribution in [0.1, 0.15) is 26.3 Å². The molecule has 0 amide bonds. The number of nitrogens with one attached hydrogen (secondary N) is 2. The van der Waals surface area contributed by atoms with Gasteiger partial charge in [-0.05, 0) is 50.6 Å². The average molecular weight is 318 g/mol. The molecule has 22 heavy (non-hydrogen) atoms. The highest BCUT2D eigenvalue weighted by Crippen LogP contribution is 2.16. The Balaban J connectivity index is 2.09. The highest BCUT2D eigenvalue weighted by molar-refractivity contribution is 7.92. The molecule has 0 unspecified atom stereocenters. The fourth-order valence-electron chi connectivity index (χ4n) is 1.87. The molecule has 4 nitrogen and oxygen atoms in total. The zero-order valence-electron chi connectivity index (χ0n) is 13.1. The van der Waals surface area contributed by atoms with Gasteiger partial charge in [-0.15, -0.1) is 0 Å². The molecule has 0 bridgehead atoms. The van der Waals surface area contributed by atoms with Gasteiger partial charge in [-0.1, -0.05) is 30.3 Å². The van der Waals surface area contributed by atoms with Gasteiger partial charge in [-0.2, -0.15) is 0 Å². The molecule has 0 fully saturated rings. The van der Waals surface area contributed by atoms with Crippen LogP contribution >= 0.6 is 0 Å². The monoisotopic (exact) mass is 318 g/mol. The lowest BCUT2D eigenvalue weighted by molar-refractivity contribution is 0.424. The van der Waals surface area contributed by atoms with E-state index in [-0.39, 0.29) is 10.4 Å². The SMILES string of the molecule is CC(C)(C)NCc1ccc(S(=O)(=O)Nc2ccccc2)cc1. The van der Waals surface area contributed by atoms with Gasteiger partial charge in [0.05, 0.1) is 4.90 Å². The van der Waals surface area contributed by atoms with Crippen LogP contribution < -0.4 is 10.0 Å². The van der Waals surface area contributed by atoms with Crippen LogP contribution in [0.2, 0.25) is 0 Å². The van der Waals surface area contributed by atoms with Crippen molar-refractivity contribution in [3.63, 3.8) is 0 Å². The van der Waals surface area contributed by atoms with Crippen molar-refractivity contribution in [3.05, 3.63) is 60.2 Å². The first-order chi connectivity index (χ1) is 10.3. The van der Waals surface area contributed by atoms with Crippen molar-refractivity contribution < 1.29 is 8.42 Å². The van der Waals surface area contributed by atoms with E-state index in [9.17, 15) is 8.42 Å². The molecule has 0 spiro atoms. The van der Waals surface area contributed by atoms with Gasteiger partial charge in [0, 0.05) is 17.8 Å². The predicted octanol–water partition coefficient (Wildman–Crippen LogP) is 3.38. The fourth-order valence-corrected chi connectivity index (χ4v) is 2.93.